The second kappa shape index (κ2) is 8.31. The number of rotatable bonds is 7. The molecule has 0 spiro atoms. The van der Waals surface area contributed by atoms with E-state index in [9.17, 15) is 4.79 Å². The molecule has 0 saturated heterocycles. The number of nitrogens with one attached hydrogen (secondary N) is 1. The van der Waals surface area contributed by atoms with Crippen LogP contribution in [-0.2, 0) is 6.42 Å². The van der Waals surface area contributed by atoms with Gasteiger partial charge < -0.3 is 10.1 Å². The molecule has 3 nitrogen and oxygen atoms in total. The number of thiophene rings is 1. The Kier molecular flexibility index (Phi) is 5.64. The number of carbonyl (C=O) groups excluding carboxylic acids is 1. The normalized spacial score (nSPS) is 10.3. The first-order valence-electron chi connectivity index (χ1n) is 7.93. The van der Waals surface area contributed by atoms with Crippen LogP contribution in [0.3, 0.4) is 0 Å². The maximum absolute atomic E-state index is 12.2. The van der Waals surface area contributed by atoms with Gasteiger partial charge in [0.05, 0.1) is 17.2 Å². The van der Waals surface area contributed by atoms with E-state index in [1.807, 2.05) is 60.0 Å². The average Bonchev–Trinajstić information content (AvgIpc) is 3.16. The molecule has 0 bridgehead atoms. The van der Waals surface area contributed by atoms with E-state index < -0.39 is 0 Å². The molecule has 0 atom stereocenters. The van der Waals surface area contributed by atoms with E-state index in [2.05, 4.69) is 17.4 Å². The summed E-state index contributed by atoms with van der Waals surface area (Å²) in [5.41, 5.74) is 2.01. The Labute approximate surface area is 145 Å². The molecule has 3 aromatic rings. The van der Waals surface area contributed by atoms with Crippen molar-refractivity contribution in [2.24, 2.45) is 0 Å². The van der Waals surface area contributed by atoms with Crippen molar-refractivity contribution in [3.8, 4) is 5.75 Å². The second-order valence-corrected chi connectivity index (χ2v) is 6.31. The standard InChI is InChI=1S/C20H19NO2S/c22-20(19-13-7-15-24-19)21-17-11-4-5-12-18(17)23-14-6-10-16-8-2-1-3-9-16/h1-5,7-9,11-13,15H,6,10,14H2,(H,21,22). The number of hydrogen-bond donors (Lipinski definition) is 1. The van der Waals surface area contributed by atoms with E-state index in [4.69, 9.17) is 4.74 Å². The number of aryl methyl sites for hydroxylation is 1. The molecule has 0 radical (unpaired) electrons. The van der Waals surface area contributed by atoms with Crippen LogP contribution in [-0.4, -0.2) is 12.5 Å². The lowest BCUT2D eigenvalue weighted by atomic mass is 10.1. The highest BCUT2D eigenvalue weighted by molar-refractivity contribution is 7.12. The summed E-state index contributed by atoms with van der Waals surface area (Å²) in [5.74, 6) is 0.598. The first kappa shape index (κ1) is 16.3. The zero-order valence-corrected chi connectivity index (χ0v) is 14.1. The van der Waals surface area contributed by atoms with Crippen molar-refractivity contribution in [2.45, 2.75) is 12.8 Å². The van der Waals surface area contributed by atoms with Crippen LogP contribution in [0.4, 0.5) is 5.69 Å². The molecule has 1 aromatic heterocycles. The molecule has 122 valence electrons. The molecule has 0 unspecified atom stereocenters. The van der Waals surface area contributed by atoms with Crippen LogP contribution in [0.2, 0.25) is 0 Å². The van der Waals surface area contributed by atoms with Gasteiger partial charge in [0.2, 0.25) is 0 Å². The van der Waals surface area contributed by atoms with Gasteiger partial charge in [0.25, 0.3) is 5.91 Å². The van der Waals surface area contributed by atoms with Crippen LogP contribution in [0.25, 0.3) is 0 Å². The summed E-state index contributed by atoms with van der Waals surface area (Å²) in [6.07, 6.45) is 1.90. The van der Waals surface area contributed by atoms with E-state index in [0.29, 0.717) is 22.9 Å². The van der Waals surface area contributed by atoms with Crippen LogP contribution in [0.15, 0.2) is 72.1 Å². The summed E-state index contributed by atoms with van der Waals surface area (Å²) in [6.45, 7) is 0.612. The Morgan fingerprint density at radius 1 is 0.958 bits per heavy atom. The third-order valence-electron chi connectivity index (χ3n) is 3.59. The molecule has 0 aliphatic heterocycles. The highest BCUT2D eigenvalue weighted by Crippen LogP contribution is 2.25. The molecule has 0 aliphatic rings. The minimum absolute atomic E-state index is 0.106. The predicted octanol–water partition coefficient (Wildman–Crippen LogP) is 5.01. The van der Waals surface area contributed by atoms with Crippen molar-refractivity contribution in [1.82, 2.24) is 0 Å². The van der Waals surface area contributed by atoms with Gasteiger partial charge in [0, 0.05) is 0 Å². The molecule has 1 amide bonds. The fraction of sp³-hybridized carbons (Fsp3) is 0.150. The van der Waals surface area contributed by atoms with Gasteiger partial charge in [-0.2, -0.15) is 0 Å². The molecule has 1 heterocycles. The van der Waals surface area contributed by atoms with Gasteiger partial charge in [-0.3, -0.25) is 4.79 Å². The molecule has 2 aromatic carbocycles. The quantitative estimate of drug-likeness (QED) is 0.615. The third-order valence-corrected chi connectivity index (χ3v) is 4.46. The molecule has 3 rings (SSSR count). The largest absolute Gasteiger partial charge is 0.491 e. The molecule has 0 aliphatic carbocycles. The smallest absolute Gasteiger partial charge is 0.265 e. The van der Waals surface area contributed by atoms with Gasteiger partial charge in [0.15, 0.2) is 0 Å². The van der Waals surface area contributed by atoms with Crippen molar-refractivity contribution in [3.63, 3.8) is 0 Å². The molecular formula is C20H19NO2S. The lowest BCUT2D eigenvalue weighted by molar-refractivity contribution is 0.103. The number of amides is 1. The van der Waals surface area contributed by atoms with Gasteiger partial charge in [-0.25, -0.2) is 0 Å². The summed E-state index contributed by atoms with van der Waals surface area (Å²) >= 11 is 1.42. The Balaban J connectivity index is 1.55. The summed E-state index contributed by atoms with van der Waals surface area (Å²) in [4.78, 5) is 12.9. The van der Waals surface area contributed by atoms with Gasteiger partial charge >= 0.3 is 0 Å². The van der Waals surface area contributed by atoms with Crippen molar-refractivity contribution < 1.29 is 9.53 Å². The van der Waals surface area contributed by atoms with E-state index >= 15 is 0 Å². The number of para-hydroxylation sites is 2. The van der Waals surface area contributed by atoms with Crippen molar-refractivity contribution in [2.75, 3.05) is 11.9 Å². The van der Waals surface area contributed by atoms with Crippen molar-refractivity contribution in [3.05, 3.63) is 82.6 Å². The third kappa shape index (κ3) is 4.46. The lowest BCUT2D eigenvalue weighted by Gasteiger charge is -2.12. The number of hydrogen-bond acceptors (Lipinski definition) is 3. The summed E-state index contributed by atoms with van der Waals surface area (Å²) in [7, 11) is 0. The fourth-order valence-corrected chi connectivity index (χ4v) is 3.01. The fourth-order valence-electron chi connectivity index (χ4n) is 2.39. The maximum atomic E-state index is 12.2. The number of ether oxygens (including phenoxy) is 1. The number of carbonyl (C=O) groups is 1. The minimum Gasteiger partial charge on any atom is -0.491 e. The Morgan fingerprint density at radius 2 is 1.75 bits per heavy atom. The Hall–Kier alpha value is -2.59. The summed E-state index contributed by atoms with van der Waals surface area (Å²) in [6, 6.07) is 21.6. The molecular weight excluding hydrogens is 318 g/mol. The maximum Gasteiger partial charge on any atom is 0.265 e. The van der Waals surface area contributed by atoms with Crippen molar-refractivity contribution in [1.29, 1.82) is 0 Å². The molecule has 4 heteroatoms. The Bertz CT molecular complexity index is 769. The van der Waals surface area contributed by atoms with Gasteiger partial charge in [-0.15, -0.1) is 11.3 Å². The highest BCUT2D eigenvalue weighted by Gasteiger charge is 2.10. The summed E-state index contributed by atoms with van der Waals surface area (Å²) in [5, 5.41) is 4.81. The lowest BCUT2D eigenvalue weighted by Crippen LogP contribution is -2.11. The van der Waals surface area contributed by atoms with Gasteiger partial charge in [0.1, 0.15) is 5.75 Å². The average molecular weight is 337 g/mol. The monoisotopic (exact) mass is 337 g/mol. The van der Waals surface area contributed by atoms with Crippen molar-refractivity contribution >= 4 is 22.9 Å². The highest BCUT2D eigenvalue weighted by atomic mass is 32.1. The predicted molar refractivity (Wildman–Crippen MR) is 99.0 cm³/mol. The first-order chi connectivity index (χ1) is 11.8. The summed E-state index contributed by atoms with van der Waals surface area (Å²) < 4.78 is 5.87. The second-order valence-electron chi connectivity index (χ2n) is 5.37. The van der Waals surface area contributed by atoms with Crippen LogP contribution >= 0.6 is 11.3 Å². The van der Waals surface area contributed by atoms with Gasteiger partial charge in [-0.05, 0) is 42.0 Å². The van der Waals surface area contributed by atoms with Crippen LogP contribution in [0.5, 0.6) is 5.75 Å². The number of benzene rings is 2. The van der Waals surface area contributed by atoms with Crippen LogP contribution in [0.1, 0.15) is 21.7 Å². The van der Waals surface area contributed by atoms with Gasteiger partial charge in [-0.1, -0.05) is 48.5 Å². The van der Waals surface area contributed by atoms with Crippen LogP contribution < -0.4 is 10.1 Å². The number of anilines is 1. The Morgan fingerprint density at radius 3 is 2.54 bits per heavy atom. The topological polar surface area (TPSA) is 38.3 Å². The molecule has 1 N–H and O–H groups in total. The minimum atomic E-state index is -0.106. The molecule has 0 fully saturated rings. The van der Waals surface area contributed by atoms with E-state index in [1.54, 1.807) is 0 Å². The van der Waals surface area contributed by atoms with E-state index in [1.165, 1.54) is 16.9 Å². The zero-order chi connectivity index (χ0) is 16.6. The molecule has 24 heavy (non-hydrogen) atoms. The van der Waals surface area contributed by atoms with E-state index in [0.717, 1.165) is 12.8 Å². The van der Waals surface area contributed by atoms with Crippen LogP contribution in [0, 0.1) is 0 Å². The first-order valence-corrected chi connectivity index (χ1v) is 8.81. The SMILES string of the molecule is O=C(Nc1ccccc1OCCCc1ccccc1)c1cccs1. The molecule has 0 saturated carbocycles. The zero-order valence-electron chi connectivity index (χ0n) is 13.3. The van der Waals surface area contributed by atoms with E-state index in [-0.39, 0.29) is 5.91 Å².